The van der Waals surface area contributed by atoms with E-state index in [4.69, 9.17) is 0 Å². The highest BCUT2D eigenvalue weighted by atomic mass is 32.2. The van der Waals surface area contributed by atoms with Gasteiger partial charge in [0.25, 0.3) is 0 Å². The van der Waals surface area contributed by atoms with Crippen molar-refractivity contribution in [3.8, 4) is 0 Å². The summed E-state index contributed by atoms with van der Waals surface area (Å²) >= 11 is 1.89. The minimum absolute atomic E-state index is 0.00491. The number of rotatable bonds is 5. The maximum absolute atomic E-state index is 10.8. The molecular formula is C15H31N3O2S. The van der Waals surface area contributed by atoms with Gasteiger partial charge >= 0.3 is 6.03 Å². The van der Waals surface area contributed by atoms with E-state index in [-0.39, 0.29) is 11.9 Å². The molecule has 0 aromatic rings. The third-order valence-electron chi connectivity index (χ3n) is 3.04. The van der Waals surface area contributed by atoms with E-state index in [1.54, 1.807) is 0 Å². The molecule has 2 aliphatic rings. The van der Waals surface area contributed by atoms with E-state index in [9.17, 15) is 9.59 Å². The molecule has 0 aromatic carbocycles. The Morgan fingerprint density at radius 2 is 1.76 bits per heavy atom. The van der Waals surface area contributed by atoms with Crippen molar-refractivity contribution in [3.63, 3.8) is 0 Å². The van der Waals surface area contributed by atoms with Gasteiger partial charge in [-0.3, -0.25) is 4.79 Å². The van der Waals surface area contributed by atoms with Gasteiger partial charge in [-0.15, -0.1) is 0 Å². The number of carbonyl (C=O) groups excluding carboxylic acids is 2. The van der Waals surface area contributed by atoms with E-state index >= 15 is 0 Å². The van der Waals surface area contributed by atoms with Crippen molar-refractivity contribution < 1.29 is 9.59 Å². The Hall–Kier alpha value is -0.910. The summed E-state index contributed by atoms with van der Waals surface area (Å²) in [6.45, 7) is 8.97. The van der Waals surface area contributed by atoms with Crippen molar-refractivity contribution in [2.45, 2.75) is 65.5 Å². The quantitative estimate of drug-likeness (QED) is 0.682. The largest absolute Gasteiger partial charge is 0.356 e. The van der Waals surface area contributed by atoms with Crippen LogP contribution in [-0.4, -0.2) is 42.1 Å². The predicted molar refractivity (Wildman–Crippen MR) is 90.7 cm³/mol. The monoisotopic (exact) mass is 317 g/mol. The molecule has 0 radical (unpaired) electrons. The number of fused-ring (bicyclic) bond motifs is 1. The van der Waals surface area contributed by atoms with Crippen LogP contribution in [0.3, 0.4) is 0 Å². The molecule has 2 heterocycles. The van der Waals surface area contributed by atoms with Gasteiger partial charge in [-0.25, -0.2) is 4.79 Å². The Kier molecular flexibility index (Phi) is 12.2. The Morgan fingerprint density at radius 3 is 2.24 bits per heavy atom. The van der Waals surface area contributed by atoms with Crippen molar-refractivity contribution in [2.24, 2.45) is 0 Å². The first-order valence-electron chi connectivity index (χ1n) is 8.08. The van der Waals surface area contributed by atoms with Crippen molar-refractivity contribution in [1.29, 1.82) is 0 Å². The second-order valence-corrected chi connectivity index (χ2v) is 5.90. The van der Waals surface area contributed by atoms with E-state index in [1.165, 1.54) is 0 Å². The van der Waals surface area contributed by atoms with E-state index in [0.717, 1.165) is 37.3 Å². The zero-order valence-corrected chi connectivity index (χ0v) is 14.6. The molecule has 2 rings (SSSR count). The van der Waals surface area contributed by atoms with Crippen LogP contribution in [0.15, 0.2) is 0 Å². The number of urea groups is 1. The molecule has 2 saturated heterocycles. The molecule has 21 heavy (non-hydrogen) atoms. The normalized spacial score (nSPS) is 21.8. The van der Waals surface area contributed by atoms with E-state index < -0.39 is 0 Å². The average Bonchev–Trinajstić information content (AvgIpc) is 3.06. The average molecular weight is 317 g/mol. The molecule has 2 aliphatic heterocycles. The molecule has 0 saturated carbocycles. The number of hydrogen-bond acceptors (Lipinski definition) is 3. The summed E-state index contributed by atoms with van der Waals surface area (Å²) in [4.78, 5) is 21.5. The molecule has 3 N–H and O–H groups in total. The van der Waals surface area contributed by atoms with Crippen molar-refractivity contribution in [1.82, 2.24) is 16.0 Å². The van der Waals surface area contributed by atoms with E-state index in [0.29, 0.717) is 18.5 Å². The van der Waals surface area contributed by atoms with E-state index in [2.05, 4.69) is 29.8 Å². The molecule has 5 nitrogen and oxygen atoms in total. The second kappa shape index (κ2) is 12.8. The lowest BCUT2D eigenvalue weighted by Gasteiger charge is -2.02. The van der Waals surface area contributed by atoms with Gasteiger partial charge < -0.3 is 16.0 Å². The number of unbranched alkanes of at least 4 members (excludes halogenated alkanes) is 1. The van der Waals surface area contributed by atoms with Crippen LogP contribution in [0.1, 0.15) is 53.4 Å². The highest BCUT2D eigenvalue weighted by molar-refractivity contribution is 7.99. The lowest BCUT2D eigenvalue weighted by Crippen LogP contribution is -2.31. The molecule has 0 aliphatic carbocycles. The Labute approximate surface area is 133 Å². The van der Waals surface area contributed by atoms with Gasteiger partial charge in [0.05, 0.1) is 12.1 Å². The smallest absolute Gasteiger partial charge is 0.315 e. The van der Waals surface area contributed by atoms with Gasteiger partial charge in [0.2, 0.25) is 5.91 Å². The minimum Gasteiger partial charge on any atom is -0.356 e. The molecule has 124 valence electrons. The summed E-state index contributed by atoms with van der Waals surface area (Å²) in [5.41, 5.74) is 0. The maximum Gasteiger partial charge on any atom is 0.315 e. The summed E-state index contributed by atoms with van der Waals surface area (Å²) in [6.07, 6.45) is 3.82. The lowest BCUT2D eigenvalue weighted by atomic mass is 10.2. The number of nitrogens with one attached hydrogen (secondary N) is 3. The Bertz CT molecular complexity index is 277. The Morgan fingerprint density at radius 1 is 1.19 bits per heavy atom. The van der Waals surface area contributed by atoms with Crippen molar-refractivity contribution in [3.05, 3.63) is 0 Å². The van der Waals surface area contributed by atoms with Gasteiger partial charge in [-0.2, -0.15) is 11.8 Å². The van der Waals surface area contributed by atoms with Gasteiger partial charge in [-0.05, 0) is 12.8 Å². The fourth-order valence-corrected chi connectivity index (χ4v) is 3.18. The lowest BCUT2D eigenvalue weighted by molar-refractivity contribution is -0.121. The molecule has 6 heteroatoms. The third-order valence-corrected chi connectivity index (χ3v) is 4.23. The molecule has 0 spiro atoms. The summed E-state index contributed by atoms with van der Waals surface area (Å²) in [5.74, 6) is 2.34. The van der Waals surface area contributed by atoms with Crippen LogP contribution in [0.5, 0.6) is 0 Å². The minimum atomic E-state index is 0.00491. The fourth-order valence-electron chi connectivity index (χ4n) is 1.91. The number of thioether (sulfide) groups is 1. The summed E-state index contributed by atoms with van der Waals surface area (Å²) < 4.78 is 0. The van der Waals surface area contributed by atoms with Crippen molar-refractivity contribution >= 4 is 23.7 Å². The molecule has 2 fully saturated rings. The van der Waals surface area contributed by atoms with Gasteiger partial charge in [-0.1, -0.05) is 34.1 Å². The summed E-state index contributed by atoms with van der Waals surface area (Å²) in [7, 11) is 0. The molecule has 0 bridgehead atoms. The SMILES string of the molecule is CC.CCCCC(=O)NCCC.O=C1NC2CSCC2N1. The molecule has 2 unspecified atom stereocenters. The molecular weight excluding hydrogens is 286 g/mol. The van der Waals surface area contributed by atoms with Gasteiger partial charge in [0, 0.05) is 24.5 Å². The second-order valence-electron chi connectivity index (χ2n) is 4.82. The first-order chi connectivity index (χ1) is 10.2. The zero-order chi connectivity index (χ0) is 16.1. The number of carbonyl (C=O) groups is 2. The van der Waals surface area contributed by atoms with Gasteiger partial charge in [0.15, 0.2) is 0 Å². The van der Waals surface area contributed by atoms with Crippen LogP contribution in [0.2, 0.25) is 0 Å². The van der Waals surface area contributed by atoms with Crippen LogP contribution in [-0.2, 0) is 4.79 Å². The van der Waals surface area contributed by atoms with E-state index in [1.807, 2.05) is 25.6 Å². The first kappa shape index (κ1) is 20.1. The molecule has 3 amide bonds. The fraction of sp³-hybridized carbons (Fsp3) is 0.867. The van der Waals surface area contributed by atoms with Crippen LogP contribution in [0, 0.1) is 0 Å². The topological polar surface area (TPSA) is 70.2 Å². The van der Waals surface area contributed by atoms with Crippen LogP contribution < -0.4 is 16.0 Å². The zero-order valence-electron chi connectivity index (χ0n) is 13.8. The summed E-state index contributed by atoms with van der Waals surface area (Å²) in [6, 6.07) is 0.815. The third kappa shape index (κ3) is 8.86. The van der Waals surface area contributed by atoms with Crippen LogP contribution >= 0.6 is 11.8 Å². The van der Waals surface area contributed by atoms with Crippen LogP contribution in [0.25, 0.3) is 0 Å². The predicted octanol–water partition coefficient (Wildman–Crippen LogP) is 2.51. The van der Waals surface area contributed by atoms with Crippen LogP contribution in [0.4, 0.5) is 4.79 Å². The number of hydrogen-bond donors (Lipinski definition) is 3. The molecule has 0 aromatic heterocycles. The maximum atomic E-state index is 10.8. The Balaban J connectivity index is 0.000000341. The van der Waals surface area contributed by atoms with Gasteiger partial charge in [0.1, 0.15) is 0 Å². The summed E-state index contributed by atoms with van der Waals surface area (Å²) in [5, 5.41) is 8.52. The highest BCUT2D eigenvalue weighted by Crippen LogP contribution is 2.20. The highest BCUT2D eigenvalue weighted by Gasteiger charge is 2.35. The standard InChI is InChI=1S/C8H17NO.C5H8N2OS.C2H6/c1-3-5-6-8(10)9-7-4-2;8-5-6-3-1-9-2-4(3)7-5;1-2/h3-7H2,1-2H3,(H,9,10);3-4H,1-2H2,(H2,6,7,8);1-2H3. The molecule has 2 atom stereocenters. The number of amides is 3. The van der Waals surface area contributed by atoms with Crippen molar-refractivity contribution in [2.75, 3.05) is 18.1 Å². The first-order valence-corrected chi connectivity index (χ1v) is 9.24.